The zero-order chi connectivity index (χ0) is 46.2. The molecule has 0 saturated carbocycles. The Kier molecular flexibility index (Phi) is 8.63. The van der Waals surface area contributed by atoms with E-state index in [-0.39, 0.29) is 16.7 Å². The Hall–Kier alpha value is -7.91. The van der Waals surface area contributed by atoms with Crippen molar-refractivity contribution in [1.29, 1.82) is 5.26 Å². The lowest BCUT2D eigenvalue weighted by atomic mass is 9.89. The van der Waals surface area contributed by atoms with Crippen LogP contribution in [-0.4, -0.2) is 9.13 Å². The van der Waals surface area contributed by atoms with Crippen LogP contribution in [0.2, 0.25) is 0 Å². The van der Waals surface area contributed by atoms with Crippen molar-refractivity contribution >= 4 is 107 Å². The summed E-state index contributed by atoms with van der Waals surface area (Å²) in [6.07, 6.45) is -10.3. The number of aromatic nitrogens is 2. The Labute approximate surface area is 390 Å². The first kappa shape index (κ1) is 40.4. The second-order valence-electron chi connectivity index (χ2n) is 16.8. The average Bonchev–Trinajstić information content (AvgIpc) is 4.10. The number of hydrogen-bond acceptors (Lipinski definition) is 3. The molecule has 0 N–H and O–H groups in total. The van der Waals surface area contributed by atoms with Crippen LogP contribution in [0, 0.1) is 11.3 Å². The fraction of sp³-hybridized carbons (Fsp3) is 0.0351. The lowest BCUT2D eigenvalue weighted by molar-refractivity contribution is -0.142. The zero-order valence-electron chi connectivity index (χ0n) is 35.2. The van der Waals surface area contributed by atoms with Crippen molar-refractivity contribution in [2.75, 3.05) is 0 Å². The van der Waals surface area contributed by atoms with Crippen molar-refractivity contribution in [2.24, 2.45) is 0 Å². The average molecular weight is 934 g/mol. The molecule has 3 nitrogen and oxygen atoms in total. The Morgan fingerprint density at radius 3 is 1.43 bits per heavy atom. The molecule has 13 aromatic rings. The van der Waals surface area contributed by atoms with Gasteiger partial charge in [0.15, 0.2) is 0 Å². The molecule has 0 aliphatic rings. The van der Waals surface area contributed by atoms with Gasteiger partial charge in [-0.1, -0.05) is 103 Å². The van der Waals surface area contributed by atoms with E-state index in [1.807, 2.05) is 83.4 Å². The Bertz CT molecular complexity index is 4300. The van der Waals surface area contributed by atoms with Crippen LogP contribution in [0.5, 0.6) is 0 Å². The molecule has 4 heterocycles. The fourth-order valence-electron chi connectivity index (χ4n) is 10.5. The van der Waals surface area contributed by atoms with Gasteiger partial charge in [-0.25, -0.2) is 0 Å². The summed E-state index contributed by atoms with van der Waals surface area (Å²) in [5.41, 5.74) is 0.859. The van der Waals surface area contributed by atoms with Crippen molar-refractivity contribution in [3.63, 3.8) is 0 Å². The molecule has 326 valence electrons. The van der Waals surface area contributed by atoms with E-state index in [1.165, 1.54) is 12.1 Å². The van der Waals surface area contributed by atoms with Gasteiger partial charge in [-0.2, -0.15) is 31.6 Å². The highest BCUT2D eigenvalue weighted by Gasteiger charge is 2.41. The van der Waals surface area contributed by atoms with Gasteiger partial charge in [-0.05, 0) is 78.4 Å². The number of alkyl halides is 6. The minimum Gasteiger partial charge on any atom is -0.309 e. The summed E-state index contributed by atoms with van der Waals surface area (Å²) in [7, 11) is 0. The summed E-state index contributed by atoms with van der Waals surface area (Å²) in [5.74, 6) is 0. The van der Waals surface area contributed by atoms with E-state index in [2.05, 4.69) is 59.2 Å². The number of hydrogen-bond donors (Lipinski definition) is 0. The maximum atomic E-state index is 15.0. The molecule has 68 heavy (non-hydrogen) atoms. The Morgan fingerprint density at radius 2 is 0.897 bits per heavy atom. The van der Waals surface area contributed by atoms with Gasteiger partial charge in [0.2, 0.25) is 0 Å². The maximum absolute atomic E-state index is 15.0. The number of nitrogens with zero attached hydrogens (tertiary/aromatic N) is 3. The lowest BCUT2D eigenvalue weighted by Gasteiger charge is -2.23. The van der Waals surface area contributed by atoms with Gasteiger partial charge in [-0.15, -0.1) is 22.7 Å². The van der Waals surface area contributed by atoms with Crippen molar-refractivity contribution in [1.82, 2.24) is 9.13 Å². The van der Waals surface area contributed by atoms with Crippen LogP contribution in [0.15, 0.2) is 176 Å². The predicted octanol–water partition coefficient (Wildman–Crippen LogP) is 17.9. The third kappa shape index (κ3) is 5.77. The first-order chi connectivity index (χ1) is 33.0. The highest BCUT2D eigenvalue weighted by atomic mass is 32.1. The molecule has 0 amide bonds. The number of fused-ring (bicyclic) bond motifs is 14. The summed E-state index contributed by atoms with van der Waals surface area (Å²) >= 11 is 3.34. The topological polar surface area (TPSA) is 33.6 Å². The van der Waals surface area contributed by atoms with Crippen molar-refractivity contribution in [2.45, 2.75) is 12.4 Å². The standard InChI is InChI=1S/C57H29F6N3S2/c58-56(59,60)40-16-10-17-41(57(61,62)63)51(40)31-23-26-44(65-42-18-5-1-14-37(42)52-46(65)27-24-35-33-12-3-7-21-48(33)67-54(35)52)39(29-31)50-32(30-64)11-9-20-45(50)66-43-19-6-2-15-38(43)53-47(66)28-25-36-34-13-4-8-22-49(34)68-55(36)53/h1-29H. The summed E-state index contributed by atoms with van der Waals surface area (Å²) in [6, 6.07) is 54.6. The molecule has 4 aromatic heterocycles. The quantitative estimate of drug-likeness (QED) is 0.162. The monoisotopic (exact) mass is 933 g/mol. The Balaban J connectivity index is 1.19. The molecule has 0 unspecified atom stereocenters. The summed E-state index contributed by atoms with van der Waals surface area (Å²) in [5, 5.41) is 19.3. The second kappa shape index (κ2) is 14.5. The summed E-state index contributed by atoms with van der Waals surface area (Å²) < 4.78 is 98.5. The molecular weight excluding hydrogens is 905 g/mol. The minimum atomic E-state index is -5.13. The van der Waals surface area contributed by atoms with E-state index >= 15 is 26.3 Å². The highest BCUT2D eigenvalue weighted by Crippen LogP contribution is 2.50. The number of nitriles is 1. The largest absolute Gasteiger partial charge is 0.417 e. The molecule has 11 heteroatoms. The van der Waals surface area contributed by atoms with Gasteiger partial charge >= 0.3 is 12.4 Å². The fourth-order valence-corrected chi connectivity index (χ4v) is 13.0. The lowest BCUT2D eigenvalue weighted by Crippen LogP contribution is -2.14. The van der Waals surface area contributed by atoms with Crippen LogP contribution >= 0.6 is 22.7 Å². The zero-order valence-corrected chi connectivity index (χ0v) is 36.8. The predicted molar refractivity (Wildman–Crippen MR) is 266 cm³/mol. The molecule has 9 aromatic carbocycles. The molecule has 0 atom stereocenters. The van der Waals surface area contributed by atoms with E-state index in [1.54, 1.807) is 40.9 Å². The normalized spacial score (nSPS) is 12.5. The van der Waals surface area contributed by atoms with Gasteiger partial charge in [0, 0.05) is 78.6 Å². The van der Waals surface area contributed by atoms with E-state index in [4.69, 9.17) is 0 Å². The minimum absolute atomic E-state index is 0.183. The molecule has 0 aliphatic heterocycles. The summed E-state index contributed by atoms with van der Waals surface area (Å²) in [6.45, 7) is 0. The third-order valence-electron chi connectivity index (χ3n) is 13.2. The van der Waals surface area contributed by atoms with Gasteiger partial charge < -0.3 is 9.13 Å². The summed E-state index contributed by atoms with van der Waals surface area (Å²) in [4.78, 5) is 0. The smallest absolute Gasteiger partial charge is 0.309 e. The number of para-hydroxylation sites is 2. The number of halogens is 6. The van der Waals surface area contributed by atoms with Crippen LogP contribution in [0.25, 0.3) is 118 Å². The van der Waals surface area contributed by atoms with E-state index < -0.39 is 29.0 Å². The highest BCUT2D eigenvalue weighted by molar-refractivity contribution is 7.27. The van der Waals surface area contributed by atoms with E-state index in [0.29, 0.717) is 29.1 Å². The number of benzene rings is 9. The molecule has 0 aliphatic carbocycles. The molecule has 0 bridgehead atoms. The molecule has 0 fully saturated rings. The van der Waals surface area contributed by atoms with Gasteiger partial charge in [0.25, 0.3) is 0 Å². The van der Waals surface area contributed by atoms with E-state index in [9.17, 15) is 5.26 Å². The van der Waals surface area contributed by atoms with Crippen LogP contribution in [0.4, 0.5) is 26.3 Å². The first-order valence-corrected chi connectivity index (χ1v) is 23.3. The van der Waals surface area contributed by atoms with E-state index in [0.717, 1.165) is 90.0 Å². The van der Waals surface area contributed by atoms with Gasteiger partial charge in [0.05, 0.1) is 56.2 Å². The molecule has 13 rings (SSSR count). The third-order valence-corrected chi connectivity index (χ3v) is 15.6. The first-order valence-electron chi connectivity index (χ1n) is 21.6. The molecule has 0 saturated heterocycles. The molecule has 0 radical (unpaired) electrons. The maximum Gasteiger partial charge on any atom is 0.417 e. The Morgan fingerprint density at radius 1 is 0.412 bits per heavy atom. The second-order valence-corrected chi connectivity index (χ2v) is 18.9. The van der Waals surface area contributed by atoms with Crippen molar-refractivity contribution < 1.29 is 26.3 Å². The van der Waals surface area contributed by atoms with Crippen molar-refractivity contribution in [3.05, 3.63) is 193 Å². The number of thiophene rings is 2. The number of rotatable bonds is 4. The molecule has 0 spiro atoms. The van der Waals surface area contributed by atoms with Gasteiger partial charge in [-0.3, -0.25) is 0 Å². The molecular formula is C57H29F6N3S2. The van der Waals surface area contributed by atoms with Crippen LogP contribution in [-0.2, 0) is 12.4 Å². The van der Waals surface area contributed by atoms with Gasteiger partial charge in [0.1, 0.15) is 0 Å². The van der Waals surface area contributed by atoms with Crippen LogP contribution in [0.3, 0.4) is 0 Å². The van der Waals surface area contributed by atoms with Crippen LogP contribution < -0.4 is 0 Å². The van der Waals surface area contributed by atoms with Crippen molar-refractivity contribution in [3.8, 4) is 39.7 Å². The van der Waals surface area contributed by atoms with Crippen LogP contribution in [0.1, 0.15) is 16.7 Å². The SMILES string of the molecule is N#Cc1cccc(-n2c3ccccc3c3c4sc5ccccc5c4ccc32)c1-c1cc(-c2c(C(F)(F)F)cccc2C(F)(F)F)ccc1-n1c2ccccc2c2c3sc4ccccc4c3ccc21.